The Labute approximate surface area is 155 Å². The lowest BCUT2D eigenvalue weighted by molar-refractivity contribution is 0.119. The zero-order valence-corrected chi connectivity index (χ0v) is 15.7. The standard InChI is InChI=1S/C18H22FN5OS/c1-22-9-7-12(8-10-22)23(2)15(13-5-3-4-6-14(13)19)16-17(25)24-18(26-16)20-11-21-24/h3-6,11-12,15,25H,7-10H2,1-2H3. The number of aromatic nitrogens is 3. The maximum Gasteiger partial charge on any atom is 0.230 e. The Kier molecular flexibility index (Phi) is 4.64. The minimum Gasteiger partial charge on any atom is -0.492 e. The largest absolute Gasteiger partial charge is 0.492 e. The first-order valence-corrected chi connectivity index (χ1v) is 9.54. The minimum atomic E-state index is -0.377. The monoisotopic (exact) mass is 375 g/mol. The van der Waals surface area contributed by atoms with Crippen LogP contribution in [0.25, 0.3) is 4.96 Å². The molecule has 1 fully saturated rings. The highest BCUT2D eigenvalue weighted by Crippen LogP contribution is 2.41. The Bertz CT molecular complexity index is 902. The molecule has 3 aromatic rings. The quantitative estimate of drug-likeness (QED) is 0.760. The van der Waals surface area contributed by atoms with Gasteiger partial charge in [0.2, 0.25) is 10.8 Å². The molecule has 0 amide bonds. The van der Waals surface area contributed by atoms with Crippen molar-refractivity contribution >= 4 is 16.3 Å². The normalized spacial score (nSPS) is 18.0. The van der Waals surface area contributed by atoms with Gasteiger partial charge in [-0.15, -0.1) is 0 Å². The molecule has 0 bridgehead atoms. The van der Waals surface area contributed by atoms with E-state index in [0.717, 1.165) is 25.9 Å². The summed E-state index contributed by atoms with van der Waals surface area (Å²) >= 11 is 1.36. The number of benzene rings is 1. The first-order chi connectivity index (χ1) is 12.6. The van der Waals surface area contributed by atoms with Gasteiger partial charge in [-0.3, -0.25) is 4.90 Å². The van der Waals surface area contributed by atoms with Gasteiger partial charge in [0.15, 0.2) is 0 Å². The molecule has 1 saturated heterocycles. The van der Waals surface area contributed by atoms with Gasteiger partial charge in [0.25, 0.3) is 0 Å². The third kappa shape index (κ3) is 2.98. The van der Waals surface area contributed by atoms with E-state index in [2.05, 4.69) is 26.9 Å². The van der Waals surface area contributed by atoms with Gasteiger partial charge in [-0.2, -0.15) is 9.61 Å². The number of nitrogens with zero attached hydrogens (tertiary/aromatic N) is 5. The highest BCUT2D eigenvalue weighted by molar-refractivity contribution is 7.17. The Hall–Kier alpha value is -2.03. The second kappa shape index (κ2) is 6.94. The summed E-state index contributed by atoms with van der Waals surface area (Å²) in [5.41, 5.74) is 0.564. The molecule has 1 atom stereocenters. The average molecular weight is 375 g/mol. The van der Waals surface area contributed by atoms with E-state index in [4.69, 9.17) is 0 Å². The molecular weight excluding hydrogens is 353 g/mol. The smallest absolute Gasteiger partial charge is 0.230 e. The Morgan fingerprint density at radius 1 is 1.31 bits per heavy atom. The van der Waals surface area contributed by atoms with Crippen molar-refractivity contribution in [1.29, 1.82) is 0 Å². The van der Waals surface area contributed by atoms with Gasteiger partial charge in [0, 0.05) is 11.6 Å². The molecule has 8 heteroatoms. The topological polar surface area (TPSA) is 56.9 Å². The number of halogens is 1. The second-order valence-electron chi connectivity index (χ2n) is 6.87. The highest BCUT2D eigenvalue weighted by atomic mass is 32.1. The van der Waals surface area contributed by atoms with Crippen molar-refractivity contribution in [3.63, 3.8) is 0 Å². The molecule has 0 aliphatic carbocycles. The van der Waals surface area contributed by atoms with Gasteiger partial charge in [-0.1, -0.05) is 29.5 Å². The van der Waals surface area contributed by atoms with Crippen molar-refractivity contribution in [1.82, 2.24) is 24.4 Å². The van der Waals surface area contributed by atoms with Crippen LogP contribution in [0.5, 0.6) is 5.88 Å². The fourth-order valence-electron chi connectivity index (χ4n) is 3.73. The fraction of sp³-hybridized carbons (Fsp3) is 0.444. The van der Waals surface area contributed by atoms with Crippen LogP contribution in [0.15, 0.2) is 30.6 Å². The van der Waals surface area contributed by atoms with E-state index in [1.807, 2.05) is 13.1 Å². The molecule has 4 rings (SSSR count). The van der Waals surface area contributed by atoms with Gasteiger partial charge in [-0.25, -0.2) is 9.37 Å². The summed E-state index contributed by atoms with van der Waals surface area (Å²) in [6.45, 7) is 2.03. The van der Waals surface area contributed by atoms with E-state index in [-0.39, 0.29) is 17.7 Å². The lowest BCUT2D eigenvalue weighted by Crippen LogP contribution is -2.43. The van der Waals surface area contributed by atoms with Crippen LogP contribution in [-0.2, 0) is 0 Å². The molecule has 3 heterocycles. The van der Waals surface area contributed by atoms with E-state index in [0.29, 0.717) is 21.4 Å². The Morgan fingerprint density at radius 2 is 2.04 bits per heavy atom. The van der Waals surface area contributed by atoms with Crippen molar-refractivity contribution in [2.45, 2.75) is 24.9 Å². The van der Waals surface area contributed by atoms with Crippen LogP contribution in [0.4, 0.5) is 4.39 Å². The summed E-state index contributed by atoms with van der Waals surface area (Å²) in [5.74, 6) is -0.230. The molecule has 0 spiro atoms. The van der Waals surface area contributed by atoms with Gasteiger partial charge in [-0.05, 0) is 46.1 Å². The molecule has 2 aromatic heterocycles. The lowest BCUT2D eigenvalue weighted by atomic mass is 9.97. The van der Waals surface area contributed by atoms with E-state index in [1.165, 1.54) is 28.2 Å². The molecule has 26 heavy (non-hydrogen) atoms. The summed E-state index contributed by atoms with van der Waals surface area (Å²) in [7, 11) is 4.14. The summed E-state index contributed by atoms with van der Waals surface area (Å²) in [6.07, 6.45) is 3.44. The molecule has 1 N–H and O–H groups in total. The summed E-state index contributed by atoms with van der Waals surface area (Å²) < 4.78 is 16.1. The van der Waals surface area contributed by atoms with Crippen molar-refractivity contribution in [3.05, 3.63) is 46.9 Å². The van der Waals surface area contributed by atoms with Crippen molar-refractivity contribution < 1.29 is 9.50 Å². The summed E-state index contributed by atoms with van der Waals surface area (Å²) in [4.78, 5) is 9.95. The third-order valence-electron chi connectivity index (χ3n) is 5.26. The molecule has 0 radical (unpaired) electrons. The number of hydrogen-bond acceptors (Lipinski definition) is 6. The summed E-state index contributed by atoms with van der Waals surface area (Å²) in [6, 6.07) is 6.73. The molecule has 0 saturated carbocycles. The van der Waals surface area contributed by atoms with Gasteiger partial charge < -0.3 is 10.0 Å². The van der Waals surface area contributed by atoms with Crippen LogP contribution in [0.2, 0.25) is 0 Å². The van der Waals surface area contributed by atoms with Crippen molar-refractivity contribution in [3.8, 4) is 5.88 Å². The lowest BCUT2D eigenvalue weighted by Gasteiger charge is -2.39. The number of fused-ring (bicyclic) bond motifs is 1. The maximum atomic E-state index is 14.7. The average Bonchev–Trinajstić information content (AvgIpc) is 3.21. The van der Waals surface area contributed by atoms with Crippen LogP contribution in [0, 0.1) is 5.82 Å². The van der Waals surface area contributed by atoms with Crippen LogP contribution >= 0.6 is 11.3 Å². The molecule has 1 aliphatic heterocycles. The molecule has 1 unspecified atom stereocenters. The molecule has 1 aromatic carbocycles. The van der Waals surface area contributed by atoms with E-state index < -0.39 is 0 Å². The molecule has 6 nitrogen and oxygen atoms in total. The van der Waals surface area contributed by atoms with E-state index >= 15 is 0 Å². The predicted octanol–water partition coefficient (Wildman–Crippen LogP) is 2.75. The van der Waals surface area contributed by atoms with Crippen molar-refractivity contribution in [2.24, 2.45) is 0 Å². The van der Waals surface area contributed by atoms with Gasteiger partial charge in [0.05, 0.1) is 10.9 Å². The number of aromatic hydroxyl groups is 1. The number of piperidine rings is 1. The van der Waals surface area contributed by atoms with Crippen molar-refractivity contribution in [2.75, 3.05) is 27.2 Å². The Balaban J connectivity index is 1.78. The maximum absolute atomic E-state index is 14.7. The minimum absolute atomic E-state index is 0.0375. The van der Waals surface area contributed by atoms with Gasteiger partial charge in [0.1, 0.15) is 12.1 Å². The fourth-order valence-corrected chi connectivity index (χ4v) is 4.83. The zero-order valence-electron chi connectivity index (χ0n) is 14.8. The van der Waals surface area contributed by atoms with E-state index in [1.54, 1.807) is 12.1 Å². The Morgan fingerprint density at radius 3 is 2.73 bits per heavy atom. The zero-order chi connectivity index (χ0) is 18.3. The SMILES string of the molecule is CN1CCC(N(C)C(c2ccccc2F)c2sc3ncnn3c2O)CC1. The third-order valence-corrected chi connectivity index (χ3v) is 6.34. The van der Waals surface area contributed by atoms with Crippen LogP contribution in [-0.4, -0.2) is 62.7 Å². The van der Waals surface area contributed by atoms with E-state index in [9.17, 15) is 9.50 Å². The predicted molar refractivity (Wildman–Crippen MR) is 99.1 cm³/mol. The number of thiazole rings is 1. The molecular formula is C18H22FN5OS. The number of hydrogen-bond donors (Lipinski definition) is 1. The molecule has 1 aliphatic rings. The second-order valence-corrected chi connectivity index (χ2v) is 7.88. The first kappa shape index (κ1) is 17.4. The summed E-state index contributed by atoms with van der Waals surface area (Å²) in [5, 5.41) is 14.8. The number of likely N-dealkylation sites (tertiary alicyclic amines) is 1. The van der Waals surface area contributed by atoms with Crippen LogP contribution < -0.4 is 0 Å². The van der Waals surface area contributed by atoms with Crippen LogP contribution in [0.3, 0.4) is 0 Å². The van der Waals surface area contributed by atoms with Gasteiger partial charge >= 0.3 is 0 Å². The highest BCUT2D eigenvalue weighted by Gasteiger charge is 2.33. The van der Waals surface area contributed by atoms with Crippen LogP contribution in [0.1, 0.15) is 29.3 Å². The number of rotatable bonds is 4. The first-order valence-electron chi connectivity index (χ1n) is 8.72. The molecule has 138 valence electrons.